The van der Waals surface area contributed by atoms with Gasteiger partial charge in [-0.2, -0.15) is 0 Å². The zero-order chi connectivity index (χ0) is 28.6. The Morgan fingerprint density at radius 3 is 2.80 bits per heavy atom. The van der Waals surface area contributed by atoms with Gasteiger partial charge in [-0.15, -0.1) is 0 Å². The summed E-state index contributed by atoms with van der Waals surface area (Å²) in [5.41, 5.74) is 4.71. The molecular weight excluding hydrogens is 561 g/mol. The van der Waals surface area contributed by atoms with Gasteiger partial charge < -0.3 is 19.8 Å². The predicted molar refractivity (Wildman–Crippen MR) is 160 cm³/mol. The van der Waals surface area contributed by atoms with E-state index in [9.17, 15) is 14.0 Å². The first-order chi connectivity index (χ1) is 19.8. The zero-order valence-electron chi connectivity index (χ0n) is 22.7. The Bertz CT molecular complexity index is 1460. The average Bonchev–Trinajstić information content (AvgIpc) is 3.10. The Hall–Kier alpha value is -3.14. The van der Waals surface area contributed by atoms with E-state index >= 15 is 0 Å². The van der Waals surface area contributed by atoms with Gasteiger partial charge in [0.05, 0.1) is 11.7 Å². The van der Waals surface area contributed by atoms with Crippen molar-refractivity contribution >= 4 is 41.9 Å². The highest BCUT2D eigenvalue weighted by Gasteiger charge is 2.44. The smallest absolute Gasteiger partial charge is 0.245 e. The van der Waals surface area contributed by atoms with Crippen LogP contribution in [0, 0.1) is 5.82 Å². The normalized spacial score (nSPS) is 22.6. The number of hydrogen-bond acceptors (Lipinski definition) is 6. The number of nitrogens with zero attached hydrogens (tertiary/aromatic N) is 3. The van der Waals surface area contributed by atoms with E-state index in [1.165, 1.54) is 6.07 Å². The van der Waals surface area contributed by atoms with E-state index in [1.54, 1.807) is 30.5 Å². The Labute approximate surface area is 250 Å². The molecule has 214 valence electrons. The molecule has 7 nitrogen and oxygen atoms in total. The standard InChI is InChI=1S/C31H33ClFN5O2S/c32-23-4-2-20(3-5-23)14-27(36-29(39)26-15-21-8-11-34-17-22(21)18-35-26)30(40)37-12-1-9-31(10-13-37)19-38(41)28-7-6-24(33)16-25(28)31/h2-8,11,16-17,26-27,35,41H,1,9-10,12-15,18-19H2,(H,36,39)/t26-,27+,31?/m0/s1. The lowest BCUT2D eigenvalue weighted by molar-refractivity contribution is -0.137. The van der Waals surface area contributed by atoms with Gasteiger partial charge in [0.2, 0.25) is 11.8 Å². The van der Waals surface area contributed by atoms with Crippen molar-refractivity contribution in [2.24, 2.45) is 0 Å². The Balaban J connectivity index is 1.20. The van der Waals surface area contributed by atoms with Crippen LogP contribution in [-0.2, 0) is 34.4 Å². The number of rotatable bonds is 5. The quantitative estimate of drug-likeness (QED) is 0.386. The van der Waals surface area contributed by atoms with Gasteiger partial charge in [0.15, 0.2) is 0 Å². The number of fused-ring (bicyclic) bond motifs is 3. The minimum atomic E-state index is -0.729. The van der Waals surface area contributed by atoms with Gasteiger partial charge in [0.25, 0.3) is 0 Å². The third kappa shape index (κ3) is 5.80. The number of hydrogen-bond donors (Lipinski definition) is 3. The van der Waals surface area contributed by atoms with Crippen molar-refractivity contribution in [2.45, 2.75) is 56.1 Å². The first-order valence-corrected chi connectivity index (χ1v) is 14.8. The number of halogens is 2. The highest BCUT2D eigenvalue weighted by atomic mass is 35.5. The van der Waals surface area contributed by atoms with Crippen molar-refractivity contribution in [1.82, 2.24) is 20.5 Å². The van der Waals surface area contributed by atoms with Crippen molar-refractivity contribution in [3.05, 3.63) is 94.0 Å². The number of likely N-dealkylation sites (tertiary alicyclic amines) is 1. The Morgan fingerprint density at radius 1 is 1.15 bits per heavy atom. The second kappa shape index (κ2) is 11.6. The maximum atomic E-state index is 14.3. The fraction of sp³-hybridized carbons (Fsp3) is 0.387. The molecule has 2 N–H and O–H groups in total. The van der Waals surface area contributed by atoms with Crippen LogP contribution in [-0.4, -0.2) is 53.4 Å². The monoisotopic (exact) mass is 593 g/mol. The number of thiol groups is 1. The molecule has 0 aliphatic carbocycles. The molecular formula is C31H33ClFN5O2S. The predicted octanol–water partition coefficient (Wildman–Crippen LogP) is 4.23. The molecule has 1 fully saturated rings. The largest absolute Gasteiger partial charge is 0.343 e. The van der Waals surface area contributed by atoms with Crippen molar-refractivity contribution in [3.8, 4) is 0 Å². The van der Waals surface area contributed by atoms with Crippen LogP contribution in [0.4, 0.5) is 10.1 Å². The molecule has 0 bridgehead atoms. The zero-order valence-corrected chi connectivity index (χ0v) is 24.3. The van der Waals surface area contributed by atoms with Crippen LogP contribution in [0.3, 0.4) is 0 Å². The number of aromatic nitrogens is 1. The number of pyridine rings is 1. The lowest BCUT2D eigenvalue weighted by atomic mass is 9.76. The molecule has 2 aromatic carbocycles. The number of anilines is 1. The fourth-order valence-electron chi connectivity index (χ4n) is 6.53. The lowest BCUT2D eigenvalue weighted by Gasteiger charge is -2.31. The number of nitrogens with one attached hydrogen (secondary N) is 2. The summed E-state index contributed by atoms with van der Waals surface area (Å²) in [6, 6.07) is 13.0. The van der Waals surface area contributed by atoms with Crippen LogP contribution in [0.25, 0.3) is 0 Å². The van der Waals surface area contributed by atoms with Gasteiger partial charge in [-0.3, -0.25) is 14.6 Å². The van der Waals surface area contributed by atoms with E-state index in [2.05, 4.69) is 28.4 Å². The van der Waals surface area contributed by atoms with Gasteiger partial charge in [0, 0.05) is 55.4 Å². The van der Waals surface area contributed by atoms with Crippen molar-refractivity contribution in [3.63, 3.8) is 0 Å². The van der Waals surface area contributed by atoms with Crippen molar-refractivity contribution < 1.29 is 14.0 Å². The summed E-state index contributed by atoms with van der Waals surface area (Å²) in [6.45, 7) is 2.32. The summed E-state index contributed by atoms with van der Waals surface area (Å²) in [7, 11) is 0. The second-order valence-corrected chi connectivity index (χ2v) is 12.3. The Morgan fingerprint density at radius 2 is 1.98 bits per heavy atom. The topological polar surface area (TPSA) is 77.6 Å². The molecule has 41 heavy (non-hydrogen) atoms. The summed E-state index contributed by atoms with van der Waals surface area (Å²) in [5.74, 6) is -0.562. The molecule has 1 aromatic heterocycles. The van der Waals surface area contributed by atoms with Crippen molar-refractivity contribution in [2.75, 3.05) is 23.9 Å². The van der Waals surface area contributed by atoms with Crippen LogP contribution in [0.2, 0.25) is 5.02 Å². The van der Waals surface area contributed by atoms with E-state index < -0.39 is 12.1 Å². The third-order valence-corrected chi connectivity index (χ3v) is 9.38. The van der Waals surface area contributed by atoms with Gasteiger partial charge in [-0.1, -0.05) is 36.5 Å². The van der Waals surface area contributed by atoms with Crippen molar-refractivity contribution in [1.29, 1.82) is 0 Å². The fourth-order valence-corrected chi connectivity index (χ4v) is 7.10. The van der Waals surface area contributed by atoms with Crippen LogP contribution in [0.1, 0.15) is 41.5 Å². The third-order valence-electron chi connectivity index (χ3n) is 8.77. The summed E-state index contributed by atoms with van der Waals surface area (Å²) >= 11 is 10.8. The molecule has 1 spiro atoms. The second-order valence-electron chi connectivity index (χ2n) is 11.4. The number of amides is 2. The minimum Gasteiger partial charge on any atom is -0.343 e. The summed E-state index contributed by atoms with van der Waals surface area (Å²) in [5, 5.41) is 6.99. The summed E-state index contributed by atoms with van der Waals surface area (Å²) in [4.78, 5) is 33.6. The van der Waals surface area contributed by atoms with Crippen LogP contribution >= 0.6 is 24.4 Å². The maximum absolute atomic E-state index is 14.3. The van der Waals surface area contributed by atoms with E-state index in [0.29, 0.717) is 50.5 Å². The Kier molecular flexibility index (Phi) is 7.94. The molecule has 10 heteroatoms. The molecule has 0 saturated carbocycles. The van der Waals surface area contributed by atoms with E-state index in [-0.39, 0.29) is 23.0 Å². The molecule has 4 heterocycles. The van der Waals surface area contributed by atoms with Crippen LogP contribution in [0.15, 0.2) is 60.9 Å². The highest BCUT2D eigenvalue weighted by molar-refractivity contribution is 7.81. The number of benzene rings is 2. The van der Waals surface area contributed by atoms with E-state index in [4.69, 9.17) is 11.6 Å². The van der Waals surface area contributed by atoms with E-state index in [1.807, 2.05) is 33.6 Å². The minimum absolute atomic E-state index is 0.106. The molecule has 0 radical (unpaired) electrons. The molecule has 1 saturated heterocycles. The van der Waals surface area contributed by atoms with Crippen LogP contribution < -0.4 is 14.9 Å². The number of carbonyl (C=O) groups excluding carboxylic acids is 2. The first-order valence-electron chi connectivity index (χ1n) is 14.1. The highest BCUT2D eigenvalue weighted by Crippen LogP contribution is 2.48. The molecule has 3 atom stereocenters. The van der Waals surface area contributed by atoms with Gasteiger partial charge in [-0.05, 0) is 84.3 Å². The van der Waals surface area contributed by atoms with Gasteiger partial charge in [-0.25, -0.2) is 4.39 Å². The first kappa shape index (κ1) is 28.0. The van der Waals surface area contributed by atoms with E-state index in [0.717, 1.165) is 40.8 Å². The van der Waals surface area contributed by atoms with Gasteiger partial charge in [0.1, 0.15) is 11.9 Å². The number of carbonyl (C=O) groups is 2. The molecule has 2 amide bonds. The van der Waals surface area contributed by atoms with Crippen LogP contribution in [0.5, 0.6) is 0 Å². The average molecular weight is 594 g/mol. The summed E-state index contributed by atoms with van der Waals surface area (Å²) < 4.78 is 16.2. The lowest BCUT2D eigenvalue weighted by Crippen LogP contribution is -2.55. The molecule has 1 unspecified atom stereocenters. The molecule has 3 aromatic rings. The maximum Gasteiger partial charge on any atom is 0.245 e. The molecule has 3 aliphatic rings. The SMILES string of the molecule is O=C(N[C@H](Cc1ccc(Cl)cc1)C(=O)N1CCCC2(CC1)CN(S)c1ccc(F)cc12)[C@@H]1Cc2ccncc2CN1. The van der Waals surface area contributed by atoms with Gasteiger partial charge >= 0.3 is 0 Å². The molecule has 6 rings (SSSR count). The summed E-state index contributed by atoms with van der Waals surface area (Å²) in [6.07, 6.45) is 6.76. The molecule has 3 aliphatic heterocycles.